The summed E-state index contributed by atoms with van der Waals surface area (Å²) < 4.78 is 10.8. The Hall–Kier alpha value is -0.690. The maximum Gasteiger partial charge on any atom is 0.234 e. The number of piperidine rings is 1. The third kappa shape index (κ3) is 5.19. The van der Waals surface area contributed by atoms with E-state index in [1.54, 1.807) is 7.11 Å². The van der Waals surface area contributed by atoms with Gasteiger partial charge < -0.3 is 14.8 Å². The minimum Gasteiger partial charge on any atom is -0.381 e. The van der Waals surface area contributed by atoms with Gasteiger partial charge in [0.1, 0.15) is 0 Å². The Morgan fingerprint density at radius 3 is 2.45 bits per heavy atom. The van der Waals surface area contributed by atoms with Crippen molar-refractivity contribution in [1.82, 2.24) is 15.1 Å². The third-order valence-corrected chi connectivity index (χ3v) is 4.82. The fourth-order valence-electron chi connectivity index (χ4n) is 3.16. The van der Waals surface area contributed by atoms with Crippen LogP contribution in [0.1, 0.15) is 26.7 Å². The zero-order chi connectivity index (χ0) is 16.0. The molecule has 6 nitrogen and oxygen atoms in total. The lowest BCUT2D eigenvalue weighted by Gasteiger charge is -2.41. The first-order chi connectivity index (χ1) is 10.5. The summed E-state index contributed by atoms with van der Waals surface area (Å²) in [4.78, 5) is 16.8. The SMILES string of the molecule is COC1CCN(CC(=O)NCC(C)(C)N2CCOCC2)CC1. The molecule has 2 rings (SSSR count). The molecule has 1 amide bonds. The second kappa shape index (κ2) is 8.24. The topological polar surface area (TPSA) is 54.0 Å². The van der Waals surface area contributed by atoms with Crippen LogP contribution in [0.25, 0.3) is 0 Å². The molecule has 2 saturated heterocycles. The zero-order valence-electron chi connectivity index (χ0n) is 14.3. The lowest BCUT2D eigenvalue weighted by atomic mass is 10.0. The largest absolute Gasteiger partial charge is 0.381 e. The van der Waals surface area contributed by atoms with Gasteiger partial charge in [0, 0.05) is 45.4 Å². The number of amides is 1. The summed E-state index contributed by atoms with van der Waals surface area (Å²) in [5.74, 6) is 0.122. The Labute approximate surface area is 134 Å². The van der Waals surface area contributed by atoms with E-state index in [0.29, 0.717) is 19.2 Å². The molecule has 0 unspecified atom stereocenters. The smallest absolute Gasteiger partial charge is 0.234 e. The fraction of sp³-hybridized carbons (Fsp3) is 0.938. The number of methoxy groups -OCH3 is 1. The van der Waals surface area contributed by atoms with Gasteiger partial charge in [-0.2, -0.15) is 0 Å². The van der Waals surface area contributed by atoms with Crippen molar-refractivity contribution in [2.75, 3.05) is 59.6 Å². The molecule has 0 aromatic carbocycles. The Balaban J connectivity index is 1.68. The van der Waals surface area contributed by atoms with E-state index in [9.17, 15) is 4.79 Å². The standard InChI is InChI=1S/C16H31N3O3/c1-16(2,19-8-10-22-11-9-19)13-17-15(20)12-18-6-4-14(21-3)5-7-18/h14H,4-13H2,1-3H3,(H,17,20). The Kier molecular flexibility index (Phi) is 6.62. The quantitative estimate of drug-likeness (QED) is 0.766. The maximum atomic E-state index is 12.2. The van der Waals surface area contributed by atoms with Gasteiger partial charge in [-0.05, 0) is 26.7 Å². The van der Waals surface area contributed by atoms with Crippen molar-refractivity contribution >= 4 is 5.91 Å². The van der Waals surface area contributed by atoms with E-state index in [1.165, 1.54) is 0 Å². The van der Waals surface area contributed by atoms with Crippen LogP contribution < -0.4 is 5.32 Å². The summed E-state index contributed by atoms with van der Waals surface area (Å²) in [5, 5.41) is 3.10. The van der Waals surface area contributed by atoms with Gasteiger partial charge in [0.2, 0.25) is 5.91 Å². The number of ether oxygens (including phenoxy) is 2. The molecule has 0 saturated carbocycles. The summed E-state index contributed by atoms with van der Waals surface area (Å²) in [5.41, 5.74) is -0.0253. The van der Waals surface area contributed by atoms with E-state index in [-0.39, 0.29) is 11.4 Å². The van der Waals surface area contributed by atoms with Crippen LogP contribution in [-0.2, 0) is 14.3 Å². The Morgan fingerprint density at radius 2 is 1.86 bits per heavy atom. The van der Waals surface area contributed by atoms with Gasteiger partial charge in [-0.15, -0.1) is 0 Å². The molecule has 6 heteroatoms. The highest BCUT2D eigenvalue weighted by molar-refractivity contribution is 5.78. The molecule has 0 aromatic rings. The lowest BCUT2D eigenvalue weighted by Crippen LogP contribution is -2.56. The molecule has 2 aliphatic rings. The molecule has 2 aliphatic heterocycles. The van der Waals surface area contributed by atoms with Gasteiger partial charge in [0.25, 0.3) is 0 Å². The Bertz CT molecular complexity index is 349. The number of carbonyl (C=O) groups excluding carboxylic acids is 1. The Morgan fingerprint density at radius 1 is 1.23 bits per heavy atom. The molecule has 0 bridgehead atoms. The van der Waals surface area contributed by atoms with E-state index in [0.717, 1.165) is 52.2 Å². The molecular formula is C16H31N3O3. The van der Waals surface area contributed by atoms with Crippen molar-refractivity contribution in [2.45, 2.75) is 38.3 Å². The molecule has 22 heavy (non-hydrogen) atoms. The number of nitrogens with zero attached hydrogens (tertiary/aromatic N) is 2. The summed E-state index contributed by atoms with van der Waals surface area (Å²) in [6.45, 7) is 10.9. The summed E-state index contributed by atoms with van der Waals surface area (Å²) in [6.07, 6.45) is 2.39. The van der Waals surface area contributed by atoms with Crippen molar-refractivity contribution in [1.29, 1.82) is 0 Å². The van der Waals surface area contributed by atoms with Crippen LogP contribution in [-0.4, -0.2) is 86.9 Å². The van der Waals surface area contributed by atoms with Crippen LogP contribution in [0, 0.1) is 0 Å². The van der Waals surface area contributed by atoms with Gasteiger partial charge in [0.15, 0.2) is 0 Å². The molecule has 0 aromatic heterocycles. The van der Waals surface area contributed by atoms with Crippen molar-refractivity contribution in [2.24, 2.45) is 0 Å². The number of nitrogens with one attached hydrogen (secondary N) is 1. The number of carbonyl (C=O) groups is 1. The van der Waals surface area contributed by atoms with Crippen LogP contribution in [0.15, 0.2) is 0 Å². The molecule has 0 atom stereocenters. The van der Waals surface area contributed by atoms with Crippen LogP contribution in [0.3, 0.4) is 0 Å². The number of hydrogen-bond donors (Lipinski definition) is 1. The predicted molar refractivity (Wildman–Crippen MR) is 86.0 cm³/mol. The van der Waals surface area contributed by atoms with Crippen molar-refractivity contribution in [3.8, 4) is 0 Å². The predicted octanol–water partition coefficient (Wildman–Crippen LogP) is 0.324. The fourth-order valence-corrected chi connectivity index (χ4v) is 3.16. The average Bonchev–Trinajstić information content (AvgIpc) is 2.55. The minimum atomic E-state index is -0.0253. The highest BCUT2D eigenvalue weighted by Crippen LogP contribution is 2.15. The van der Waals surface area contributed by atoms with Crippen molar-refractivity contribution in [3.05, 3.63) is 0 Å². The minimum absolute atomic E-state index is 0.0253. The van der Waals surface area contributed by atoms with Crippen LogP contribution >= 0.6 is 0 Å². The van der Waals surface area contributed by atoms with Gasteiger partial charge in [0.05, 0.1) is 25.9 Å². The molecule has 128 valence electrons. The van der Waals surface area contributed by atoms with Gasteiger partial charge in [-0.3, -0.25) is 14.6 Å². The molecule has 1 N–H and O–H groups in total. The molecule has 0 radical (unpaired) electrons. The van der Waals surface area contributed by atoms with Gasteiger partial charge in [-0.25, -0.2) is 0 Å². The lowest BCUT2D eigenvalue weighted by molar-refractivity contribution is -0.123. The van der Waals surface area contributed by atoms with Crippen LogP contribution in [0.2, 0.25) is 0 Å². The van der Waals surface area contributed by atoms with E-state index in [2.05, 4.69) is 29.0 Å². The monoisotopic (exact) mass is 313 g/mol. The normalized spacial score (nSPS) is 22.7. The first-order valence-electron chi connectivity index (χ1n) is 8.36. The maximum absolute atomic E-state index is 12.2. The number of rotatable bonds is 6. The highest BCUT2D eigenvalue weighted by atomic mass is 16.5. The zero-order valence-corrected chi connectivity index (χ0v) is 14.3. The number of likely N-dealkylation sites (tertiary alicyclic amines) is 1. The third-order valence-electron chi connectivity index (χ3n) is 4.82. The first-order valence-corrected chi connectivity index (χ1v) is 8.36. The molecule has 0 spiro atoms. The van der Waals surface area contributed by atoms with E-state index in [4.69, 9.17) is 9.47 Å². The van der Waals surface area contributed by atoms with Gasteiger partial charge in [-0.1, -0.05) is 0 Å². The summed E-state index contributed by atoms with van der Waals surface area (Å²) in [6, 6.07) is 0. The summed E-state index contributed by atoms with van der Waals surface area (Å²) in [7, 11) is 1.76. The number of hydrogen-bond acceptors (Lipinski definition) is 5. The summed E-state index contributed by atoms with van der Waals surface area (Å²) >= 11 is 0. The molecular weight excluding hydrogens is 282 g/mol. The molecule has 2 fully saturated rings. The average molecular weight is 313 g/mol. The van der Waals surface area contributed by atoms with E-state index in [1.807, 2.05) is 0 Å². The first kappa shape index (κ1) is 17.7. The highest BCUT2D eigenvalue weighted by Gasteiger charge is 2.29. The van der Waals surface area contributed by atoms with Gasteiger partial charge >= 0.3 is 0 Å². The van der Waals surface area contributed by atoms with E-state index < -0.39 is 0 Å². The molecule has 0 aliphatic carbocycles. The second-order valence-electron chi connectivity index (χ2n) is 6.90. The molecule has 2 heterocycles. The van der Waals surface area contributed by atoms with E-state index >= 15 is 0 Å². The van der Waals surface area contributed by atoms with Crippen molar-refractivity contribution in [3.63, 3.8) is 0 Å². The van der Waals surface area contributed by atoms with Crippen molar-refractivity contribution < 1.29 is 14.3 Å². The van der Waals surface area contributed by atoms with Crippen LogP contribution in [0.4, 0.5) is 0 Å². The number of morpholine rings is 1. The second-order valence-corrected chi connectivity index (χ2v) is 6.90. The van der Waals surface area contributed by atoms with Crippen LogP contribution in [0.5, 0.6) is 0 Å².